The summed E-state index contributed by atoms with van der Waals surface area (Å²) in [5.74, 6) is -0.449. The first-order valence-corrected chi connectivity index (χ1v) is 4.91. The van der Waals surface area contributed by atoms with E-state index in [2.05, 4.69) is 5.32 Å². The standard InChI is InChI=1S/C11H13FN2O/c1-7-6-13-10-8(12)4-3-5-9(10)14(2)11(7)15/h3-5,7,13H,6H2,1-2H3. The van der Waals surface area contributed by atoms with Crippen molar-refractivity contribution in [1.29, 1.82) is 0 Å². The average molecular weight is 208 g/mol. The number of anilines is 2. The highest BCUT2D eigenvalue weighted by molar-refractivity contribution is 5.99. The number of carbonyl (C=O) groups excluding carboxylic acids is 1. The molecule has 0 saturated carbocycles. The summed E-state index contributed by atoms with van der Waals surface area (Å²) in [6.45, 7) is 2.30. The van der Waals surface area contributed by atoms with Gasteiger partial charge in [-0.15, -0.1) is 0 Å². The number of rotatable bonds is 0. The molecule has 1 atom stereocenters. The van der Waals surface area contributed by atoms with Crippen molar-refractivity contribution in [2.75, 3.05) is 23.8 Å². The minimum absolute atomic E-state index is 0.00634. The lowest BCUT2D eigenvalue weighted by Crippen LogP contribution is -2.31. The molecule has 1 N–H and O–H groups in total. The molecule has 0 aromatic heterocycles. The molecule has 1 aromatic rings. The summed E-state index contributed by atoms with van der Waals surface area (Å²) in [5, 5.41) is 2.97. The lowest BCUT2D eigenvalue weighted by molar-refractivity contribution is -0.121. The van der Waals surface area contributed by atoms with Gasteiger partial charge in [-0.2, -0.15) is 0 Å². The maximum Gasteiger partial charge on any atom is 0.231 e. The van der Waals surface area contributed by atoms with Crippen LogP contribution in [0.4, 0.5) is 15.8 Å². The second-order valence-corrected chi connectivity index (χ2v) is 3.81. The first kappa shape index (κ1) is 9.96. The van der Waals surface area contributed by atoms with Crippen molar-refractivity contribution in [3.63, 3.8) is 0 Å². The average Bonchev–Trinajstić information content (AvgIpc) is 2.33. The van der Waals surface area contributed by atoms with Crippen LogP contribution in [0.15, 0.2) is 18.2 Å². The Morgan fingerprint density at radius 3 is 3.00 bits per heavy atom. The third-order valence-corrected chi connectivity index (χ3v) is 2.69. The number of hydrogen-bond donors (Lipinski definition) is 1. The third-order valence-electron chi connectivity index (χ3n) is 2.69. The molecule has 1 aromatic carbocycles. The molecule has 1 aliphatic rings. The Morgan fingerprint density at radius 1 is 1.53 bits per heavy atom. The monoisotopic (exact) mass is 208 g/mol. The van der Waals surface area contributed by atoms with E-state index in [1.54, 1.807) is 19.2 Å². The molecule has 0 saturated heterocycles. The number of para-hydroxylation sites is 1. The van der Waals surface area contributed by atoms with Gasteiger partial charge in [-0.05, 0) is 12.1 Å². The van der Waals surface area contributed by atoms with Gasteiger partial charge in [-0.1, -0.05) is 13.0 Å². The van der Waals surface area contributed by atoms with Crippen LogP contribution in [0.3, 0.4) is 0 Å². The van der Waals surface area contributed by atoms with Crippen molar-refractivity contribution in [3.8, 4) is 0 Å². The second kappa shape index (κ2) is 3.53. The molecule has 0 aliphatic carbocycles. The van der Waals surface area contributed by atoms with Gasteiger partial charge in [0.25, 0.3) is 0 Å². The van der Waals surface area contributed by atoms with Crippen LogP contribution >= 0.6 is 0 Å². The van der Waals surface area contributed by atoms with Gasteiger partial charge in [0.1, 0.15) is 5.82 Å². The molecule has 4 heteroatoms. The summed E-state index contributed by atoms with van der Waals surface area (Å²) >= 11 is 0. The molecule has 3 nitrogen and oxygen atoms in total. The maximum absolute atomic E-state index is 13.5. The van der Waals surface area contributed by atoms with Gasteiger partial charge in [0.05, 0.1) is 17.3 Å². The van der Waals surface area contributed by atoms with Gasteiger partial charge in [-0.3, -0.25) is 4.79 Å². The normalized spacial score (nSPS) is 20.6. The lowest BCUT2D eigenvalue weighted by atomic mass is 10.1. The number of amides is 1. The highest BCUT2D eigenvalue weighted by Crippen LogP contribution is 2.31. The van der Waals surface area contributed by atoms with Crippen LogP contribution in [-0.2, 0) is 4.79 Å². The fourth-order valence-electron chi connectivity index (χ4n) is 1.76. The van der Waals surface area contributed by atoms with E-state index in [0.717, 1.165) is 0 Å². The zero-order chi connectivity index (χ0) is 11.0. The van der Waals surface area contributed by atoms with Crippen molar-refractivity contribution in [2.24, 2.45) is 5.92 Å². The Morgan fingerprint density at radius 2 is 2.27 bits per heavy atom. The van der Waals surface area contributed by atoms with Crippen molar-refractivity contribution in [1.82, 2.24) is 0 Å². The minimum atomic E-state index is -0.318. The predicted molar refractivity (Wildman–Crippen MR) is 57.5 cm³/mol. The van der Waals surface area contributed by atoms with Crippen molar-refractivity contribution in [2.45, 2.75) is 6.92 Å². The fraction of sp³-hybridized carbons (Fsp3) is 0.364. The van der Waals surface area contributed by atoms with E-state index in [4.69, 9.17) is 0 Å². The molecule has 15 heavy (non-hydrogen) atoms. The van der Waals surface area contributed by atoms with Crippen LogP contribution in [0.2, 0.25) is 0 Å². The minimum Gasteiger partial charge on any atom is -0.380 e. The van der Waals surface area contributed by atoms with Crippen LogP contribution in [0.5, 0.6) is 0 Å². The predicted octanol–water partition coefficient (Wildman–Crippen LogP) is 1.85. The van der Waals surface area contributed by atoms with Crippen LogP contribution in [0.25, 0.3) is 0 Å². The summed E-state index contributed by atoms with van der Waals surface area (Å²) in [6, 6.07) is 4.73. The highest BCUT2D eigenvalue weighted by atomic mass is 19.1. The number of hydrogen-bond acceptors (Lipinski definition) is 2. The number of halogens is 1. The summed E-state index contributed by atoms with van der Waals surface area (Å²) in [6.07, 6.45) is 0. The number of fused-ring (bicyclic) bond motifs is 1. The largest absolute Gasteiger partial charge is 0.380 e. The van der Waals surface area contributed by atoms with E-state index < -0.39 is 0 Å². The van der Waals surface area contributed by atoms with E-state index in [1.165, 1.54) is 11.0 Å². The van der Waals surface area contributed by atoms with Crippen LogP contribution < -0.4 is 10.2 Å². The first-order valence-electron chi connectivity index (χ1n) is 4.91. The quantitative estimate of drug-likeness (QED) is 0.705. The molecule has 1 heterocycles. The van der Waals surface area contributed by atoms with E-state index >= 15 is 0 Å². The van der Waals surface area contributed by atoms with Gasteiger partial charge in [0.15, 0.2) is 0 Å². The molecular formula is C11H13FN2O. The van der Waals surface area contributed by atoms with E-state index in [-0.39, 0.29) is 17.6 Å². The van der Waals surface area contributed by atoms with Gasteiger partial charge in [-0.25, -0.2) is 4.39 Å². The van der Waals surface area contributed by atoms with Crippen molar-refractivity contribution in [3.05, 3.63) is 24.0 Å². The number of carbonyl (C=O) groups is 1. The molecule has 2 rings (SSSR count). The molecule has 0 radical (unpaired) electrons. The van der Waals surface area contributed by atoms with E-state index in [0.29, 0.717) is 17.9 Å². The summed E-state index contributed by atoms with van der Waals surface area (Å²) < 4.78 is 13.5. The molecule has 80 valence electrons. The topological polar surface area (TPSA) is 32.3 Å². The maximum atomic E-state index is 13.5. The zero-order valence-corrected chi connectivity index (χ0v) is 8.75. The Bertz CT molecular complexity index is 406. The second-order valence-electron chi connectivity index (χ2n) is 3.81. The van der Waals surface area contributed by atoms with Crippen LogP contribution in [0.1, 0.15) is 6.92 Å². The van der Waals surface area contributed by atoms with Crippen molar-refractivity contribution < 1.29 is 9.18 Å². The molecule has 1 aliphatic heterocycles. The number of benzene rings is 1. The zero-order valence-electron chi connectivity index (χ0n) is 8.75. The smallest absolute Gasteiger partial charge is 0.231 e. The number of nitrogens with zero attached hydrogens (tertiary/aromatic N) is 1. The van der Waals surface area contributed by atoms with Gasteiger partial charge < -0.3 is 10.2 Å². The molecule has 1 unspecified atom stereocenters. The molecular weight excluding hydrogens is 195 g/mol. The Hall–Kier alpha value is -1.58. The Labute approximate surface area is 87.9 Å². The Kier molecular flexibility index (Phi) is 2.34. The van der Waals surface area contributed by atoms with Crippen LogP contribution in [-0.4, -0.2) is 19.5 Å². The fourth-order valence-corrected chi connectivity index (χ4v) is 1.76. The summed E-state index contributed by atoms with van der Waals surface area (Å²) in [7, 11) is 1.67. The van der Waals surface area contributed by atoms with Gasteiger partial charge in [0, 0.05) is 13.6 Å². The van der Waals surface area contributed by atoms with Crippen LogP contribution in [0, 0.1) is 11.7 Å². The lowest BCUT2D eigenvalue weighted by Gasteiger charge is -2.18. The van der Waals surface area contributed by atoms with Gasteiger partial charge >= 0.3 is 0 Å². The first-order chi connectivity index (χ1) is 7.11. The third kappa shape index (κ3) is 1.56. The van der Waals surface area contributed by atoms with Gasteiger partial charge in [0.2, 0.25) is 5.91 Å². The number of nitrogens with one attached hydrogen (secondary N) is 1. The molecule has 1 amide bonds. The molecule has 0 spiro atoms. The van der Waals surface area contributed by atoms with Crippen molar-refractivity contribution >= 4 is 17.3 Å². The highest BCUT2D eigenvalue weighted by Gasteiger charge is 2.25. The molecule has 0 bridgehead atoms. The Balaban J connectivity index is 2.52. The van der Waals surface area contributed by atoms with E-state index in [1.807, 2.05) is 6.92 Å². The van der Waals surface area contributed by atoms with E-state index in [9.17, 15) is 9.18 Å². The molecule has 0 fully saturated rings. The summed E-state index contributed by atoms with van der Waals surface area (Å²) in [4.78, 5) is 13.3. The SMILES string of the molecule is CC1CNc2c(F)cccc2N(C)C1=O. The summed E-state index contributed by atoms with van der Waals surface area (Å²) in [5.41, 5.74) is 1.02.